The highest BCUT2D eigenvalue weighted by atomic mass is 16.5. The average Bonchev–Trinajstić information content (AvgIpc) is 2.56. The monoisotopic (exact) mass is 323 g/mol. The van der Waals surface area contributed by atoms with Crippen LogP contribution in [-0.2, 0) is 4.74 Å². The van der Waals surface area contributed by atoms with Crippen molar-refractivity contribution < 1.29 is 19.4 Å². The van der Waals surface area contributed by atoms with Crippen molar-refractivity contribution >= 4 is 5.97 Å². The summed E-state index contributed by atoms with van der Waals surface area (Å²) in [4.78, 5) is 14.5. The smallest absolute Gasteiger partial charge is 0.354 e. The number of carboxylic acid groups (broad SMARTS) is 1. The van der Waals surface area contributed by atoms with Crippen molar-refractivity contribution in [2.75, 3.05) is 19.8 Å². The van der Waals surface area contributed by atoms with E-state index in [2.05, 4.69) is 11.9 Å². The van der Waals surface area contributed by atoms with Crippen LogP contribution < -0.4 is 4.74 Å². The molecule has 0 atom stereocenters. The van der Waals surface area contributed by atoms with Gasteiger partial charge in [-0.1, -0.05) is 51.9 Å². The van der Waals surface area contributed by atoms with Crippen molar-refractivity contribution in [3.63, 3.8) is 0 Å². The first-order valence-corrected chi connectivity index (χ1v) is 8.64. The second-order valence-electron chi connectivity index (χ2n) is 5.62. The van der Waals surface area contributed by atoms with Gasteiger partial charge in [-0.25, -0.2) is 9.78 Å². The zero-order valence-electron chi connectivity index (χ0n) is 14.1. The fourth-order valence-electron chi connectivity index (χ4n) is 2.25. The number of ether oxygens (including phenoxy) is 2. The molecule has 0 saturated carbocycles. The van der Waals surface area contributed by atoms with Gasteiger partial charge in [0.05, 0.1) is 12.8 Å². The standard InChI is InChI=1S/C18H29NO4/c1-2-3-4-5-6-7-8-9-12-22-13-14-23-16-10-11-17(18(20)21)19-15-16/h10-11,15H,2-9,12-14H2,1H3,(H,20,21). The van der Waals surface area contributed by atoms with E-state index in [0.717, 1.165) is 13.0 Å². The van der Waals surface area contributed by atoms with E-state index in [0.29, 0.717) is 19.0 Å². The molecule has 1 aromatic rings. The van der Waals surface area contributed by atoms with Crippen molar-refractivity contribution in [3.05, 3.63) is 24.0 Å². The zero-order chi connectivity index (χ0) is 16.8. The molecule has 23 heavy (non-hydrogen) atoms. The molecule has 1 N–H and O–H groups in total. The fraction of sp³-hybridized carbons (Fsp3) is 0.667. The van der Waals surface area contributed by atoms with Crippen molar-refractivity contribution in [1.29, 1.82) is 0 Å². The number of hydrogen-bond donors (Lipinski definition) is 1. The Morgan fingerprint density at radius 2 is 1.70 bits per heavy atom. The van der Waals surface area contributed by atoms with Gasteiger partial charge in [0.15, 0.2) is 0 Å². The molecule has 0 spiro atoms. The third kappa shape index (κ3) is 9.89. The summed E-state index contributed by atoms with van der Waals surface area (Å²) < 4.78 is 11.0. The summed E-state index contributed by atoms with van der Waals surface area (Å²) in [5.74, 6) is -0.476. The third-order valence-electron chi connectivity index (χ3n) is 3.59. The van der Waals surface area contributed by atoms with Crippen molar-refractivity contribution in [1.82, 2.24) is 4.98 Å². The lowest BCUT2D eigenvalue weighted by Crippen LogP contribution is -2.08. The number of nitrogens with zero attached hydrogens (tertiary/aromatic N) is 1. The highest BCUT2D eigenvalue weighted by Crippen LogP contribution is 2.10. The fourth-order valence-corrected chi connectivity index (χ4v) is 2.25. The van der Waals surface area contributed by atoms with Crippen LogP contribution in [0.5, 0.6) is 5.75 Å². The zero-order valence-corrected chi connectivity index (χ0v) is 14.1. The number of rotatable bonds is 14. The van der Waals surface area contributed by atoms with Crippen molar-refractivity contribution in [3.8, 4) is 5.75 Å². The normalized spacial score (nSPS) is 10.7. The van der Waals surface area contributed by atoms with Crippen molar-refractivity contribution in [2.24, 2.45) is 0 Å². The Morgan fingerprint density at radius 3 is 2.30 bits per heavy atom. The first kappa shape index (κ1) is 19.4. The van der Waals surface area contributed by atoms with Gasteiger partial charge in [-0.15, -0.1) is 0 Å². The topological polar surface area (TPSA) is 68.7 Å². The van der Waals surface area contributed by atoms with Crippen LogP contribution in [-0.4, -0.2) is 35.9 Å². The van der Waals surface area contributed by atoms with Gasteiger partial charge < -0.3 is 14.6 Å². The minimum absolute atomic E-state index is 0.0169. The molecule has 0 aliphatic heterocycles. The Hall–Kier alpha value is -1.62. The number of carbonyl (C=O) groups is 1. The Balaban J connectivity index is 1.90. The van der Waals surface area contributed by atoms with E-state index in [4.69, 9.17) is 14.6 Å². The first-order valence-electron chi connectivity index (χ1n) is 8.64. The Bertz CT molecular complexity index is 420. The van der Waals surface area contributed by atoms with Gasteiger partial charge in [-0.2, -0.15) is 0 Å². The Kier molecular flexibility index (Phi) is 10.9. The van der Waals surface area contributed by atoms with Gasteiger partial charge in [0.1, 0.15) is 18.1 Å². The van der Waals surface area contributed by atoms with Crippen LogP contribution in [0.1, 0.15) is 68.8 Å². The molecule has 0 aliphatic carbocycles. The molecule has 130 valence electrons. The molecule has 5 nitrogen and oxygen atoms in total. The molecule has 0 amide bonds. The number of hydrogen-bond acceptors (Lipinski definition) is 4. The SMILES string of the molecule is CCCCCCCCCCOCCOc1ccc(C(=O)O)nc1. The number of unbranched alkanes of at least 4 members (excludes halogenated alkanes) is 7. The van der Waals surface area contributed by atoms with Crippen LogP contribution in [0.2, 0.25) is 0 Å². The highest BCUT2D eigenvalue weighted by molar-refractivity contribution is 5.85. The maximum Gasteiger partial charge on any atom is 0.354 e. The number of carboxylic acids is 1. The maximum absolute atomic E-state index is 10.7. The summed E-state index contributed by atoms with van der Waals surface area (Å²) in [6.45, 7) is 4.00. The third-order valence-corrected chi connectivity index (χ3v) is 3.59. The molecule has 1 rings (SSSR count). The van der Waals surface area contributed by atoms with Crippen LogP contribution in [0.3, 0.4) is 0 Å². The van der Waals surface area contributed by atoms with Gasteiger partial charge in [0.25, 0.3) is 0 Å². The lowest BCUT2D eigenvalue weighted by molar-refractivity contribution is 0.0690. The van der Waals surface area contributed by atoms with Crippen LogP contribution in [0.4, 0.5) is 0 Å². The summed E-state index contributed by atoms with van der Waals surface area (Å²) in [5, 5.41) is 8.74. The van der Waals surface area contributed by atoms with E-state index in [9.17, 15) is 4.79 Å². The van der Waals surface area contributed by atoms with Crippen LogP contribution in [0.15, 0.2) is 18.3 Å². The quantitative estimate of drug-likeness (QED) is 0.516. The van der Waals surface area contributed by atoms with Gasteiger partial charge in [0, 0.05) is 6.61 Å². The van der Waals surface area contributed by atoms with Gasteiger partial charge in [0.2, 0.25) is 0 Å². The van der Waals surface area contributed by atoms with E-state index in [1.165, 1.54) is 57.2 Å². The molecule has 0 bridgehead atoms. The van der Waals surface area contributed by atoms with E-state index in [1.54, 1.807) is 6.07 Å². The predicted octanol–water partition coefficient (Wildman–Crippen LogP) is 4.32. The second-order valence-corrected chi connectivity index (χ2v) is 5.62. The maximum atomic E-state index is 10.7. The van der Waals surface area contributed by atoms with E-state index < -0.39 is 5.97 Å². The molecule has 0 fully saturated rings. The average molecular weight is 323 g/mol. The molecule has 0 unspecified atom stereocenters. The summed E-state index contributed by atoms with van der Waals surface area (Å²) in [7, 11) is 0. The summed E-state index contributed by atoms with van der Waals surface area (Å²) >= 11 is 0. The number of pyridine rings is 1. The van der Waals surface area contributed by atoms with Gasteiger partial charge in [-0.3, -0.25) is 0 Å². The van der Waals surface area contributed by atoms with E-state index in [-0.39, 0.29) is 5.69 Å². The van der Waals surface area contributed by atoms with Crippen LogP contribution in [0, 0.1) is 0 Å². The van der Waals surface area contributed by atoms with Crippen molar-refractivity contribution in [2.45, 2.75) is 58.3 Å². The molecule has 5 heteroatoms. The molecular formula is C18H29NO4. The second kappa shape index (κ2) is 12.9. The molecule has 0 aromatic carbocycles. The molecule has 1 aromatic heterocycles. The van der Waals surface area contributed by atoms with Crippen LogP contribution in [0.25, 0.3) is 0 Å². The largest absolute Gasteiger partial charge is 0.490 e. The van der Waals surface area contributed by atoms with E-state index in [1.807, 2.05) is 0 Å². The van der Waals surface area contributed by atoms with Crippen LogP contribution >= 0.6 is 0 Å². The van der Waals surface area contributed by atoms with E-state index >= 15 is 0 Å². The van der Waals surface area contributed by atoms with Gasteiger partial charge in [-0.05, 0) is 18.6 Å². The summed E-state index contributed by atoms with van der Waals surface area (Å²) in [5.41, 5.74) is 0.0169. The number of aromatic nitrogens is 1. The summed E-state index contributed by atoms with van der Waals surface area (Å²) in [6.07, 6.45) is 11.8. The predicted molar refractivity (Wildman–Crippen MR) is 90.1 cm³/mol. The molecule has 0 aliphatic rings. The molecule has 0 radical (unpaired) electrons. The molecular weight excluding hydrogens is 294 g/mol. The Morgan fingerprint density at radius 1 is 1.00 bits per heavy atom. The lowest BCUT2D eigenvalue weighted by Gasteiger charge is -2.07. The molecule has 0 saturated heterocycles. The minimum atomic E-state index is -1.04. The molecule has 1 heterocycles. The minimum Gasteiger partial charge on any atom is -0.490 e. The van der Waals surface area contributed by atoms with Gasteiger partial charge >= 0.3 is 5.97 Å². The summed E-state index contributed by atoms with van der Waals surface area (Å²) in [6, 6.07) is 3.04. The number of aromatic carboxylic acids is 1. The Labute approximate surface area is 139 Å². The highest BCUT2D eigenvalue weighted by Gasteiger charge is 2.03. The lowest BCUT2D eigenvalue weighted by atomic mass is 10.1. The first-order chi connectivity index (χ1) is 11.2.